The number of aliphatic hydroxyl groups excluding tert-OH is 1. The van der Waals surface area contributed by atoms with E-state index >= 15 is 0 Å². The van der Waals surface area contributed by atoms with Crippen LogP contribution < -0.4 is 10.6 Å². The minimum atomic E-state index is -0.700. The third-order valence-electron chi connectivity index (χ3n) is 5.88. The van der Waals surface area contributed by atoms with Gasteiger partial charge in [0.25, 0.3) is 0 Å². The molecule has 0 aromatic carbocycles. The predicted octanol–water partition coefficient (Wildman–Crippen LogP) is -1.67. The largest absolute Gasteiger partial charge is 0.394 e. The van der Waals surface area contributed by atoms with Crippen LogP contribution in [0.3, 0.4) is 0 Å². The lowest BCUT2D eigenvalue weighted by Gasteiger charge is -2.47. The summed E-state index contributed by atoms with van der Waals surface area (Å²) in [5.74, 6) is 0. The van der Waals surface area contributed by atoms with Crippen molar-refractivity contribution in [2.24, 2.45) is 0 Å². The van der Waals surface area contributed by atoms with Crippen LogP contribution >= 0.6 is 0 Å². The molecule has 3 N–H and O–H groups in total. The molecule has 178 valence electrons. The standard InChI is InChI=1S/C19H38N2O9/c1-20-12-16(25-5)15(24-4)11(30-18(12)27-7)9-28-19-13(21-2)17(26-6)14(23-3)10(8-22)29-19/h10-22H,8-9H2,1-7H3/t10?,11?,12?,13?,14-,15-,16-,17-,18-,19-/m1/s1. The van der Waals surface area contributed by atoms with Gasteiger partial charge in [-0.25, -0.2) is 0 Å². The van der Waals surface area contributed by atoms with Gasteiger partial charge in [0.2, 0.25) is 0 Å². The molecular formula is C19H38N2O9. The zero-order chi connectivity index (χ0) is 22.3. The molecule has 0 aromatic rings. The molecule has 2 fully saturated rings. The van der Waals surface area contributed by atoms with Crippen LogP contribution in [0.15, 0.2) is 0 Å². The lowest BCUT2D eigenvalue weighted by Crippen LogP contribution is -2.66. The molecule has 2 rings (SSSR count). The topological polar surface area (TPSA) is 118 Å². The number of aliphatic hydroxyl groups is 1. The molecule has 0 amide bonds. The SMILES string of the molecule is CNC1[C@H](OC)OC(CO[C@@H]2OC(CO)[C@@H](OC)[C@H](OC)C2NC)[C@@H](OC)[C@@H]1OC. The summed E-state index contributed by atoms with van der Waals surface area (Å²) in [5, 5.41) is 16.1. The van der Waals surface area contributed by atoms with Crippen molar-refractivity contribution in [3.63, 3.8) is 0 Å². The van der Waals surface area contributed by atoms with Gasteiger partial charge in [0, 0.05) is 35.5 Å². The van der Waals surface area contributed by atoms with Gasteiger partial charge in [0.15, 0.2) is 12.6 Å². The number of hydrogen-bond acceptors (Lipinski definition) is 11. The second-order valence-electron chi connectivity index (χ2n) is 7.27. The first-order valence-electron chi connectivity index (χ1n) is 10.1. The summed E-state index contributed by atoms with van der Waals surface area (Å²) < 4.78 is 46.1. The minimum absolute atomic E-state index is 0.156. The highest BCUT2D eigenvalue weighted by Crippen LogP contribution is 2.29. The normalized spacial score (nSPS) is 42.4. The van der Waals surface area contributed by atoms with Crippen molar-refractivity contribution in [1.29, 1.82) is 0 Å². The van der Waals surface area contributed by atoms with Gasteiger partial charge in [-0.05, 0) is 14.1 Å². The number of nitrogens with one attached hydrogen (secondary N) is 2. The van der Waals surface area contributed by atoms with Crippen LogP contribution in [0.4, 0.5) is 0 Å². The Morgan fingerprint density at radius 1 is 0.667 bits per heavy atom. The summed E-state index contributed by atoms with van der Waals surface area (Å²) in [5.41, 5.74) is 0. The Kier molecular flexibility index (Phi) is 10.8. The van der Waals surface area contributed by atoms with Gasteiger partial charge in [-0.1, -0.05) is 0 Å². The summed E-state index contributed by atoms with van der Waals surface area (Å²) in [7, 11) is 11.6. The Hall–Kier alpha value is -0.440. The Morgan fingerprint density at radius 2 is 1.13 bits per heavy atom. The van der Waals surface area contributed by atoms with Gasteiger partial charge in [-0.15, -0.1) is 0 Å². The lowest BCUT2D eigenvalue weighted by atomic mass is 9.95. The van der Waals surface area contributed by atoms with Gasteiger partial charge in [0.05, 0.1) is 25.3 Å². The Balaban J connectivity index is 2.14. The molecule has 0 saturated carbocycles. The van der Waals surface area contributed by atoms with E-state index in [-0.39, 0.29) is 37.5 Å². The molecule has 2 heterocycles. The third-order valence-corrected chi connectivity index (χ3v) is 5.88. The van der Waals surface area contributed by atoms with Gasteiger partial charge < -0.3 is 53.6 Å². The Morgan fingerprint density at radius 3 is 1.57 bits per heavy atom. The van der Waals surface area contributed by atoms with E-state index < -0.39 is 37.0 Å². The zero-order valence-electron chi connectivity index (χ0n) is 18.9. The average molecular weight is 439 g/mol. The van der Waals surface area contributed by atoms with Crippen LogP contribution in [-0.2, 0) is 37.9 Å². The average Bonchev–Trinajstić information content (AvgIpc) is 2.79. The quantitative estimate of drug-likeness (QED) is 0.344. The number of ether oxygens (including phenoxy) is 8. The van der Waals surface area contributed by atoms with Gasteiger partial charge in [0.1, 0.15) is 36.6 Å². The Bertz CT molecular complexity index is 447. The number of methoxy groups -OCH3 is 5. The molecule has 2 saturated heterocycles. The summed E-state index contributed by atoms with van der Waals surface area (Å²) in [6, 6.07) is -0.537. The van der Waals surface area contributed by atoms with Crippen molar-refractivity contribution >= 4 is 0 Å². The zero-order valence-corrected chi connectivity index (χ0v) is 18.9. The molecule has 4 unspecified atom stereocenters. The van der Waals surface area contributed by atoms with Crippen molar-refractivity contribution in [2.45, 2.75) is 61.3 Å². The number of hydrogen-bond donors (Lipinski definition) is 3. The molecule has 30 heavy (non-hydrogen) atoms. The molecule has 10 atom stereocenters. The molecule has 0 aromatic heterocycles. The van der Waals surface area contributed by atoms with Crippen LogP contribution in [0.1, 0.15) is 0 Å². The first-order chi connectivity index (χ1) is 14.5. The fourth-order valence-electron chi connectivity index (χ4n) is 4.36. The van der Waals surface area contributed by atoms with Crippen molar-refractivity contribution in [3.05, 3.63) is 0 Å². The van der Waals surface area contributed by atoms with Crippen LogP contribution in [0, 0.1) is 0 Å². The first-order valence-corrected chi connectivity index (χ1v) is 10.1. The molecule has 0 bridgehead atoms. The maximum Gasteiger partial charge on any atom is 0.176 e. The summed E-state index contributed by atoms with van der Waals surface area (Å²) in [6.45, 7) is -0.0691. The second kappa shape index (κ2) is 12.6. The van der Waals surface area contributed by atoms with Gasteiger partial charge >= 0.3 is 0 Å². The molecule has 0 spiro atoms. The Labute approximate surface area is 178 Å². The van der Waals surface area contributed by atoms with Crippen LogP contribution in [0.2, 0.25) is 0 Å². The summed E-state index contributed by atoms with van der Waals surface area (Å²) in [6.07, 6.45) is -3.83. The van der Waals surface area contributed by atoms with Crippen LogP contribution in [0.25, 0.3) is 0 Å². The van der Waals surface area contributed by atoms with Crippen molar-refractivity contribution in [3.8, 4) is 0 Å². The van der Waals surface area contributed by atoms with E-state index in [1.165, 1.54) is 0 Å². The van der Waals surface area contributed by atoms with E-state index in [1.807, 2.05) is 7.05 Å². The smallest absolute Gasteiger partial charge is 0.176 e. The second-order valence-corrected chi connectivity index (χ2v) is 7.27. The van der Waals surface area contributed by atoms with Crippen LogP contribution in [0.5, 0.6) is 0 Å². The highest BCUT2D eigenvalue weighted by atomic mass is 16.7. The maximum atomic E-state index is 9.75. The van der Waals surface area contributed by atoms with Crippen molar-refractivity contribution in [2.75, 3.05) is 62.9 Å². The first kappa shape index (κ1) is 25.8. The van der Waals surface area contributed by atoms with E-state index in [1.54, 1.807) is 42.6 Å². The fourth-order valence-corrected chi connectivity index (χ4v) is 4.36. The van der Waals surface area contributed by atoms with Gasteiger partial charge in [-0.3, -0.25) is 0 Å². The van der Waals surface area contributed by atoms with E-state index in [2.05, 4.69) is 10.6 Å². The minimum Gasteiger partial charge on any atom is -0.394 e. The van der Waals surface area contributed by atoms with Crippen LogP contribution in [-0.4, -0.2) is 129 Å². The lowest BCUT2D eigenvalue weighted by molar-refractivity contribution is -0.307. The van der Waals surface area contributed by atoms with E-state index in [0.29, 0.717) is 0 Å². The molecule has 2 aliphatic rings. The number of likely N-dealkylation sites (N-methyl/N-ethyl adjacent to an activating group) is 2. The maximum absolute atomic E-state index is 9.75. The third kappa shape index (κ3) is 5.30. The summed E-state index contributed by atoms with van der Waals surface area (Å²) >= 11 is 0. The molecular weight excluding hydrogens is 400 g/mol. The van der Waals surface area contributed by atoms with Gasteiger partial charge in [-0.2, -0.15) is 0 Å². The highest BCUT2D eigenvalue weighted by Gasteiger charge is 2.49. The molecule has 11 nitrogen and oxygen atoms in total. The highest BCUT2D eigenvalue weighted by molar-refractivity contribution is 4.97. The van der Waals surface area contributed by atoms with E-state index in [9.17, 15) is 5.11 Å². The summed E-state index contributed by atoms with van der Waals surface area (Å²) in [4.78, 5) is 0. The monoisotopic (exact) mass is 438 g/mol. The molecule has 0 radical (unpaired) electrons. The van der Waals surface area contributed by atoms with E-state index in [4.69, 9.17) is 37.9 Å². The number of rotatable bonds is 11. The van der Waals surface area contributed by atoms with Crippen molar-refractivity contribution in [1.82, 2.24) is 10.6 Å². The molecule has 2 aliphatic heterocycles. The van der Waals surface area contributed by atoms with E-state index in [0.717, 1.165) is 0 Å². The fraction of sp³-hybridized carbons (Fsp3) is 1.00. The molecule has 11 heteroatoms. The predicted molar refractivity (Wildman–Crippen MR) is 106 cm³/mol. The molecule has 0 aliphatic carbocycles. The van der Waals surface area contributed by atoms with Crippen molar-refractivity contribution < 1.29 is 43.0 Å².